The molecular formula is C8H10BrF5O2. The molecule has 0 aliphatic rings. The average molecular weight is 313 g/mol. The molecule has 0 heterocycles. The summed E-state index contributed by atoms with van der Waals surface area (Å²) in [7, 11) is 0. The molecule has 0 fully saturated rings. The fourth-order valence-corrected chi connectivity index (χ4v) is 1.34. The summed E-state index contributed by atoms with van der Waals surface area (Å²) in [5.41, 5.74) is 0. The molecular weight excluding hydrogens is 303 g/mol. The summed E-state index contributed by atoms with van der Waals surface area (Å²) in [4.78, 5) is 11.1. The average Bonchev–Trinajstić information content (AvgIpc) is 2.00. The standard InChI is InChI=1S/C8H10BrF5O2/c1-3-16-5(15)6(2,9)4-7(10,11)8(12,13)14/h3-4H2,1-2H3. The first-order valence-corrected chi connectivity index (χ1v) is 5.04. The molecule has 0 saturated heterocycles. The summed E-state index contributed by atoms with van der Waals surface area (Å²) in [6, 6.07) is 0. The van der Waals surface area contributed by atoms with Gasteiger partial charge in [0.1, 0.15) is 4.32 Å². The predicted molar refractivity (Wildman–Crippen MR) is 49.6 cm³/mol. The van der Waals surface area contributed by atoms with Gasteiger partial charge < -0.3 is 4.74 Å². The fraction of sp³-hybridized carbons (Fsp3) is 0.875. The Hall–Kier alpha value is -0.400. The third kappa shape index (κ3) is 3.88. The molecule has 1 unspecified atom stereocenters. The molecule has 8 heteroatoms. The first kappa shape index (κ1) is 15.6. The summed E-state index contributed by atoms with van der Waals surface area (Å²) < 4.78 is 63.3. The molecule has 0 bridgehead atoms. The van der Waals surface area contributed by atoms with Gasteiger partial charge in [-0.15, -0.1) is 0 Å². The van der Waals surface area contributed by atoms with E-state index in [1.807, 2.05) is 0 Å². The lowest BCUT2D eigenvalue weighted by Gasteiger charge is -2.27. The maximum Gasteiger partial charge on any atom is 0.453 e. The van der Waals surface area contributed by atoms with Crippen LogP contribution in [0.25, 0.3) is 0 Å². The van der Waals surface area contributed by atoms with Crippen molar-refractivity contribution >= 4 is 21.9 Å². The molecule has 0 aliphatic carbocycles. The van der Waals surface area contributed by atoms with Gasteiger partial charge in [-0.1, -0.05) is 15.9 Å². The molecule has 0 radical (unpaired) electrons. The Morgan fingerprint density at radius 2 is 1.69 bits per heavy atom. The van der Waals surface area contributed by atoms with Crippen LogP contribution in [0.2, 0.25) is 0 Å². The minimum atomic E-state index is -5.69. The zero-order valence-electron chi connectivity index (χ0n) is 8.50. The topological polar surface area (TPSA) is 26.3 Å². The first-order chi connectivity index (χ1) is 6.94. The van der Waals surface area contributed by atoms with Crippen LogP contribution in [0.4, 0.5) is 22.0 Å². The summed E-state index contributed by atoms with van der Waals surface area (Å²) in [5.74, 6) is -6.10. The Bertz CT molecular complexity index is 262. The van der Waals surface area contributed by atoms with E-state index in [0.29, 0.717) is 0 Å². The highest BCUT2D eigenvalue weighted by atomic mass is 79.9. The van der Waals surface area contributed by atoms with E-state index in [1.54, 1.807) is 0 Å². The van der Waals surface area contributed by atoms with Gasteiger partial charge in [0.25, 0.3) is 0 Å². The molecule has 16 heavy (non-hydrogen) atoms. The molecule has 0 spiro atoms. The van der Waals surface area contributed by atoms with Crippen molar-refractivity contribution in [1.82, 2.24) is 0 Å². The van der Waals surface area contributed by atoms with Gasteiger partial charge in [0.2, 0.25) is 0 Å². The van der Waals surface area contributed by atoms with Crippen LogP contribution in [-0.2, 0) is 9.53 Å². The Morgan fingerprint density at radius 1 is 1.25 bits per heavy atom. The van der Waals surface area contributed by atoms with Crippen molar-refractivity contribution in [2.45, 2.75) is 36.7 Å². The Balaban J connectivity index is 4.77. The minimum Gasteiger partial charge on any atom is -0.465 e. The summed E-state index contributed by atoms with van der Waals surface area (Å²) in [6.45, 7) is 2.23. The first-order valence-electron chi connectivity index (χ1n) is 4.25. The van der Waals surface area contributed by atoms with Crippen LogP contribution in [0.1, 0.15) is 20.3 Å². The highest BCUT2D eigenvalue weighted by molar-refractivity contribution is 9.10. The maximum atomic E-state index is 12.7. The van der Waals surface area contributed by atoms with E-state index >= 15 is 0 Å². The van der Waals surface area contributed by atoms with Gasteiger partial charge >= 0.3 is 18.1 Å². The molecule has 1 atom stereocenters. The number of hydrogen-bond donors (Lipinski definition) is 0. The second-order valence-electron chi connectivity index (χ2n) is 3.30. The number of halogens is 6. The monoisotopic (exact) mass is 312 g/mol. The van der Waals surface area contributed by atoms with Crippen molar-refractivity contribution in [2.24, 2.45) is 0 Å². The lowest BCUT2D eigenvalue weighted by Crippen LogP contribution is -2.45. The molecule has 0 rings (SSSR count). The van der Waals surface area contributed by atoms with Gasteiger partial charge in [0, 0.05) is 6.42 Å². The van der Waals surface area contributed by atoms with Crippen LogP contribution in [0.15, 0.2) is 0 Å². The number of carbonyl (C=O) groups excluding carboxylic acids is 1. The van der Waals surface area contributed by atoms with Crippen LogP contribution in [-0.4, -0.2) is 29.0 Å². The normalized spacial score (nSPS) is 16.8. The van der Waals surface area contributed by atoms with Crippen LogP contribution in [0, 0.1) is 0 Å². The lowest BCUT2D eigenvalue weighted by atomic mass is 10.0. The molecule has 2 nitrogen and oxygen atoms in total. The van der Waals surface area contributed by atoms with E-state index in [9.17, 15) is 26.7 Å². The van der Waals surface area contributed by atoms with E-state index in [2.05, 4.69) is 20.7 Å². The number of carbonyl (C=O) groups is 1. The minimum absolute atomic E-state index is 0.0996. The summed E-state index contributed by atoms with van der Waals surface area (Å²) in [6.07, 6.45) is -7.39. The quantitative estimate of drug-likeness (QED) is 0.452. The molecule has 0 aromatic rings. The highest BCUT2D eigenvalue weighted by Gasteiger charge is 2.61. The zero-order valence-corrected chi connectivity index (χ0v) is 10.1. The van der Waals surface area contributed by atoms with Gasteiger partial charge in [-0.05, 0) is 13.8 Å². The van der Waals surface area contributed by atoms with E-state index in [1.165, 1.54) is 6.92 Å². The van der Waals surface area contributed by atoms with Crippen LogP contribution in [0.3, 0.4) is 0 Å². The van der Waals surface area contributed by atoms with Gasteiger partial charge in [0.05, 0.1) is 6.61 Å². The van der Waals surface area contributed by atoms with E-state index in [-0.39, 0.29) is 6.61 Å². The van der Waals surface area contributed by atoms with Crippen molar-refractivity contribution in [2.75, 3.05) is 6.61 Å². The number of alkyl halides is 6. The zero-order chi connectivity index (χ0) is 13.2. The largest absolute Gasteiger partial charge is 0.465 e. The van der Waals surface area contributed by atoms with Crippen molar-refractivity contribution in [1.29, 1.82) is 0 Å². The molecule has 0 aromatic carbocycles. The Kier molecular flexibility index (Phi) is 4.73. The maximum absolute atomic E-state index is 12.7. The fourth-order valence-electron chi connectivity index (χ4n) is 0.871. The van der Waals surface area contributed by atoms with E-state index < -0.39 is 28.8 Å². The third-order valence-electron chi connectivity index (χ3n) is 1.67. The van der Waals surface area contributed by atoms with Gasteiger partial charge in [0.15, 0.2) is 0 Å². The Morgan fingerprint density at radius 3 is 2.00 bits per heavy atom. The number of ether oxygens (including phenoxy) is 1. The summed E-state index contributed by atoms with van der Waals surface area (Å²) in [5, 5.41) is 0. The molecule has 0 aliphatic heterocycles. The van der Waals surface area contributed by atoms with Crippen molar-refractivity contribution in [3.05, 3.63) is 0 Å². The molecule has 0 amide bonds. The SMILES string of the molecule is CCOC(=O)C(C)(Br)CC(F)(F)C(F)(F)F. The molecule has 96 valence electrons. The van der Waals surface area contributed by atoms with Crippen LogP contribution in [0.5, 0.6) is 0 Å². The third-order valence-corrected chi connectivity index (χ3v) is 2.27. The molecule has 0 saturated carbocycles. The lowest BCUT2D eigenvalue weighted by molar-refractivity contribution is -0.285. The number of esters is 1. The van der Waals surface area contributed by atoms with Gasteiger partial charge in [-0.2, -0.15) is 22.0 Å². The smallest absolute Gasteiger partial charge is 0.453 e. The second kappa shape index (κ2) is 4.85. The van der Waals surface area contributed by atoms with Crippen LogP contribution < -0.4 is 0 Å². The van der Waals surface area contributed by atoms with E-state index in [4.69, 9.17) is 0 Å². The van der Waals surface area contributed by atoms with Crippen molar-refractivity contribution in [3.63, 3.8) is 0 Å². The van der Waals surface area contributed by atoms with Crippen LogP contribution >= 0.6 is 15.9 Å². The van der Waals surface area contributed by atoms with Gasteiger partial charge in [-0.3, -0.25) is 4.79 Å². The molecule has 0 N–H and O–H groups in total. The predicted octanol–water partition coefficient (Wildman–Crippen LogP) is 3.29. The summed E-state index contributed by atoms with van der Waals surface area (Å²) >= 11 is 2.52. The van der Waals surface area contributed by atoms with E-state index in [0.717, 1.165) is 6.92 Å². The number of rotatable bonds is 4. The Labute approximate surface area is 97.3 Å². The second-order valence-corrected chi connectivity index (χ2v) is 5.05. The van der Waals surface area contributed by atoms with Crippen molar-refractivity contribution in [3.8, 4) is 0 Å². The van der Waals surface area contributed by atoms with Gasteiger partial charge in [-0.25, -0.2) is 0 Å². The molecule has 0 aromatic heterocycles. The number of hydrogen-bond acceptors (Lipinski definition) is 2. The highest BCUT2D eigenvalue weighted by Crippen LogP contribution is 2.43. The van der Waals surface area contributed by atoms with Crippen molar-refractivity contribution < 1.29 is 31.5 Å².